The predicted octanol–water partition coefficient (Wildman–Crippen LogP) is 16.9. The average Bonchev–Trinajstić information content (AvgIpc) is 3.81. The molecule has 2 aliphatic rings. The number of anilines is 3. The van der Waals surface area contributed by atoms with Crippen molar-refractivity contribution in [3.63, 3.8) is 0 Å². The van der Waals surface area contributed by atoms with Crippen LogP contribution in [0.4, 0.5) is 17.1 Å². The second-order valence-corrected chi connectivity index (χ2v) is 21.8. The van der Waals surface area contributed by atoms with Gasteiger partial charge in [-0.3, -0.25) is 0 Å². The summed E-state index contributed by atoms with van der Waals surface area (Å²) in [4.78, 5) is 2.37. The number of hydrogen-bond donors (Lipinski definition) is 0. The van der Waals surface area contributed by atoms with E-state index >= 15 is 0 Å². The summed E-state index contributed by atoms with van der Waals surface area (Å²) in [5.74, 6) is 0. The largest absolute Gasteiger partial charge is 0.454 e. The van der Waals surface area contributed by atoms with Gasteiger partial charge >= 0.3 is 0 Å². The van der Waals surface area contributed by atoms with Gasteiger partial charge in [0.15, 0.2) is 5.58 Å². The number of fused-ring (bicyclic) bond motifs is 10. The third-order valence-electron chi connectivity index (χ3n) is 14.6. The lowest BCUT2D eigenvalue weighted by Crippen LogP contribution is -2.50. The zero-order chi connectivity index (χ0) is 42.4. The fraction of sp³-hybridized carbons (Fsp3) is 0.310. The lowest BCUT2D eigenvalue weighted by molar-refractivity contribution is 0.0928. The summed E-state index contributed by atoms with van der Waals surface area (Å²) >= 11 is 0. The summed E-state index contributed by atoms with van der Waals surface area (Å²) in [7, 11) is 0. The molecule has 7 aromatic carbocycles. The molecule has 0 spiro atoms. The Morgan fingerprint density at radius 2 is 0.917 bits per heavy atom. The summed E-state index contributed by atoms with van der Waals surface area (Å²) in [6.07, 6.45) is 0. The second-order valence-electron chi connectivity index (χ2n) is 21.8. The minimum Gasteiger partial charge on any atom is -0.454 e. The van der Waals surface area contributed by atoms with Crippen molar-refractivity contribution >= 4 is 49.8 Å². The van der Waals surface area contributed by atoms with Crippen LogP contribution in [0, 0.1) is 21.7 Å². The maximum atomic E-state index is 6.66. The zero-order valence-electron chi connectivity index (χ0n) is 37.6. The third-order valence-corrected chi connectivity index (χ3v) is 14.6. The highest BCUT2D eigenvalue weighted by molar-refractivity contribution is 6.10. The highest BCUT2D eigenvalue weighted by atomic mass is 16.3. The maximum absolute atomic E-state index is 6.66. The van der Waals surface area contributed by atoms with Gasteiger partial charge in [-0.1, -0.05) is 162 Å². The molecule has 2 aliphatic carbocycles. The molecule has 0 aliphatic heterocycles. The van der Waals surface area contributed by atoms with Gasteiger partial charge in [0.1, 0.15) is 5.58 Å². The molecule has 0 atom stereocenters. The summed E-state index contributed by atoms with van der Waals surface area (Å²) in [5, 5.41) is 4.75. The van der Waals surface area contributed by atoms with Gasteiger partial charge in [0, 0.05) is 33.0 Å². The zero-order valence-corrected chi connectivity index (χ0v) is 37.6. The Labute approximate surface area is 357 Å². The molecule has 0 amide bonds. The number of rotatable bonds is 3. The molecule has 1 heterocycles. The second kappa shape index (κ2) is 12.5. The van der Waals surface area contributed by atoms with E-state index in [-0.39, 0.29) is 32.5 Å². The van der Waals surface area contributed by atoms with Crippen LogP contribution in [-0.4, -0.2) is 0 Å². The number of para-hydroxylation sites is 3. The predicted molar refractivity (Wildman–Crippen MR) is 256 cm³/mol. The molecule has 8 aromatic rings. The molecular formula is C58H59NO. The molecule has 0 fully saturated rings. The molecule has 0 N–H and O–H groups in total. The Hall–Kier alpha value is -5.60. The first-order valence-corrected chi connectivity index (χ1v) is 21.9. The molecule has 10 rings (SSSR count). The van der Waals surface area contributed by atoms with Crippen molar-refractivity contribution in [3.05, 3.63) is 162 Å². The minimum absolute atomic E-state index is 0.0372. The number of nitrogens with zero attached hydrogens (tertiary/aromatic N) is 1. The van der Waals surface area contributed by atoms with E-state index in [4.69, 9.17) is 4.42 Å². The summed E-state index contributed by atoms with van der Waals surface area (Å²) in [6, 6.07) is 52.3. The summed E-state index contributed by atoms with van der Waals surface area (Å²) in [5.41, 5.74) is 15.6. The van der Waals surface area contributed by atoms with E-state index in [0.29, 0.717) is 0 Å². The van der Waals surface area contributed by atoms with Crippen molar-refractivity contribution in [2.45, 2.75) is 93.9 Å². The van der Waals surface area contributed by atoms with Crippen LogP contribution in [-0.2, 0) is 10.8 Å². The average molecular weight is 786 g/mol. The van der Waals surface area contributed by atoms with E-state index in [9.17, 15) is 0 Å². The van der Waals surface area contributed by atoms with Gasteiger partial charge in [0.25, 0.3) is 0 Å². The van der Waals surface area contributed by atoms with Crippen LogP contribution in [0.3, 0.4) is 0 Å². The van der Waals surface area contributed by atoms with Crippen molar-refractivity contribution in [3.8, 4) is 22.3 Å². The van der Waals surface area contributed by atoms with Crippen LogP contribution in [0.15, 0.2) is 144 Å². The lowest BCUT2D eigenvalue weighted by Gasteiger charge is -2.54. The van der Waals surface area contributed by atoms with Crippen LogP contribution in [0.2, 0.25) is 0 Å². The van der Waals surface area contributed by atoms with Gasteiger partial charge in [-0.25, -0.2) is 0 Å². The Bertz CT molecular complexity index is 2990. The summed E-state index contributed by atoms with van der Waals surface area (Å²) < 4.78 is 6.66. The van der Waals surface area contributed by atoms with E-state index in [1.807, 2.05) is 6.07 Å². The highest BCUT2D eigenvalue weighted by Crippen LogP contribution is 2.70. The Morgan fingerprint density at radius 1 is 0.383 bits per heavy atom. The van der Waals surface area contributed by atoms with Crippen molar-refractivity contribution in [1.29, 1.82) is 0 Å². The van der Waals surface area contributed by atoms with Gasteiger partial charge < -0.3 is 9.32 Å². The number of furan rings is 1. The molecule has 60 heavy (non-hydrogen) atoms. The van der Waals surface area contributed by atoms with Gasteiger partial charge in [0.05, 0.1) is 5.69 Å². The number of benzene rings is 7. The van der Waals surface area contributed by atoms with E-state index in [0.717, 1.165) is 39.0 Å². The lowest BCUT2D eigenvalue weighted by atomic mass is 9.49. The van der Waals surface area contributed by atoms with Crippen LogP contribution < -0.4 is 4.90 Å². The number of hydrogen-bond acceptors (Lipinski definition) is 2. The molecule has 2 heteroatoms. The fourth-order valence-corrected chi connectivity index (χ4v) is 13.4. The summed E-state index contributed by atoms with van der Waals surface area (Å²) in [6.45, 7) is 29.6. The standard InChI is InChI=1S/C58H59NO/c1-53(2,3)57(54(4,5)6)46-26-18-16-23-40(46)44-34-49-45(35-48(44)57)43-32-36-29-30-39(31-37(36)33-47(43)58(49,55(7,8)9)56(10,11)12)59(38-21-14-13-15-22-38)50-27-20-25-42-41-24-17-19-28-51(41)60-52(42)50/h13-35H,1-12H3. The topological polar surface area (TPSA) is 16.4 Å². The third kappa shape index (κ3) is 4.94. The molecule has 0 saturated carbocycles. The molecular weight excluding hydrogens is 727 g/mol. The van der Waals surface area contributed by atoms with Gasteiger partial charge in [0.2, 0.25) is 0 Å². The van der Waals surface area contributed by atoms with Gasteiger partial charge in [-0.05, 0) is 138 Å². The normalized spacial score (nSPS) is 15.6. The van der Waals surface area contributed by atoms with E-state index in [2.05, 4.69) is 221 Å². The van der Waals surface area contributed by atoms with Crippen molar-refractivity contribution in [1.82, 2.24) is 0 Å². The molecule has 0 radical (unpaired) electrons. The van der Waals surface area contributed by atoms with Crippen LogP contribution >= 0.6 is 0 Å². The monoisotopic (exact) mass is 785 g/mol. The fourth-order valence-electron chi connectivity index (χ4n) is 13.4. The van der Waals surface area contributed by atoms with E-state index in [1.165, 1.54) is 55.3 Å². The first-order chi connectivity index (χ1) is 28.3. The first kappa shape index (κ1) is 38.6. The van der Waals surface area contributed by atoms with Crippen LogP contribution in [0.25, 0.3) is 55.0 Å². The van der Waals surface area contributed by atoms with Crippen LogP contribution in [0.1, 0.15) is 105 Å². The molecule has 2 nitrogen and oxygen atoms in total. The Balaban J connectivity index is 1.25. The SMILES string of the molecule is CC(C)(C)C1(C(C)(C)C)c2ccccc2-c2cc3c(cc21)-c1cc2ccc(N(c4ccccc4)c4cccc5c4oc4ccccc45)cc2cc1C3(C(C)(C)C)C(C)(C)C. The Morgan fingerprint density at radius 3 is 1.58 bits per heavy atom. The quantitative estimate of drug-likeness (QED) is 0.177. The highest BCUT2D eigenvalue weighted by Gasteiger charge is 2.61. The maximum Gasteiger partial charge on any atom is 0.159 e. The van der Waals surface area contributed by atoms with Gasteiger partial charge in [-0.15, -0.1) is 0 Å². The van der Waals surface area contributed by atoms with Crippen molar-refractivity contribution in [2.75, 3.05) is 4.90 Å². The minimum atomic E-state index is -0.285. The van der Waals surface area contributed by atoms with Gasteiger partial charge in [-0.2, -0.15) is 0 Å². The molecule has 1 aromatic heterocycles. The van der Waals surface area contributed by atoms with Crippen molar-refractivity contribution in [2.24, 2.45) is 21.7 Å². The Kier molecular flexibility index (Phi) is 8.03. The van der Waals surface area contributed by atoms with E-state index < -0.39 is 0 Å². The first-order valence-electron chi connectivity index (χ1n) is 21.9. The molecule has 302 valence electrons. The van der Waals surface area contributed by atoms with E-state index in [1.54, 1.807) is 0 Å². The molecule has 0 bridgehead atoms. The van der Waals surface area contributed by atoms with Crippen molar-refractivity contribution < 1.29 is 4.42 Å². The smallest absolute Gasteiger partial charge is 0.159 e. The van der Waals surface area contributed by atoms with Crippen LogP contribution in [0.5, 0.6) is 0 Å². The molecule has 0 saturated heterocycles. The molecule has 0 unspecified atom stereocenters.